The number of amides is 1. The molecule has 3 aromatic carbocycles. The van der Waals surface area contributed by atoms with Gasteiger partial charge in [0.2, 0.25) is 0 Å². The standard InChI is InChI=1S/C23H14Cl2FNO2S2/c24-16-4-1-3-14(9-16)13-29-20-8-7-17(25)10-15(20)11-21-22(28)27(23(30)31-21)19-6-2-5-18(26)12-19/h1-12H,13H2/b21-11-. The number of benzene rings is 3. The summed E-state index contributed by atoms with van der Waals surface area (Å²) in [6, 6.07) is 18.3. The van der Waals surface area contributed by atoms with Crippen LogP contribution in [0.25, 0.3) is 6.08 Å². The fourth-order valence-corrected chi connectivity index (χ4v) is 4.68. The number of thioether (sulfide) groups is 1. The largest absolute Gasteiger partial charge is 0.488 e. The molecule has 0 radical (unpaired) electrons. The summed E-state index contributed by atoms with van der Waals surface area (Å²) in [6.07, 6.45) is 1.68. The van der Waals surface area contributed by atoms with Gasteiger partial charge in [0.05, 0.1) is 10.6 Å². The molecule has 4 rings (SSSR count). The predicted octanol–water partition coefficient (Wildman–Crippen LogP) is 7.12. The van der Waals surface area contributed by atoms with Crippen LogP contribution < -0.4 is 9.64 Å². The van der Waals surface area contributed by atoms with Gasteiger partial charge in [-0.05, 0) is 60.2 Å². The number of rotatable bonds is 5. The summed E-state index contributed by atoms with van der Waals surface area (Å²) < 4.78 is 19.9. The molecule has 0 unspecified atom stereocenters. The molecule has 0 atom stereocenters. The van der Waals surface area contributed by atoms with Gasteiger partial charge in [0, 0.05) is 15.6 Å². The van der Waals surface area contributed by atoms with Crippen molar-refractivity contribution in [2.24, 2.45) is 0 Å². The van der Waals surface area contributed by atoms with Gasteiger partial charge in [-0.2, -0.15) is 0 Å². The van der Waals surface area contributed by atoms with Crippen molar-refractivity contribution in [2.45, 2.75) is 6.61 Å². The first kappa shape index (κ1) is 21.8. The van der Waals surface area contributed by atoms with Gasteiger partial charge in [0.25, 0.3) is 5.91 Å². The Bertz CT molecular complexity index is 1220. The highest BCUT2D eigenvalue weighted by Crippen LogP contribution is 2.38. The number of ether oxygens (including phenoxy) is 1. The zero-order valence-corrected chi connectivity index (χ0v) is 19.0. The minimum Gasteiger partial charge on any atom is -0.488 e. The van der Waals surface area contributed by atoms with Crippen LogP contribution in [0.2, 0.25) is 10.0 Å². The van der Waals surface area contributed by atoms with E-state index in [4.69, 9.17) is 40.2 Å². The number of halogens is 3. The van der Waals surface area contributed by atoms with E-state index in [-0.39, 0.29) is 5.91 Å². The van der Waals surface area contributed by atoms with E-state index < -0.39 is 5.82 Å². The Balaban J connectivity index is 1.61. The summed E-state index contributed by atoms with van der Waals surface area (Å²) in [5.74, 6) is -0.219. The number of thiocarbonyl (C=S) groups is 1. The Morgan fingerprint density at radius 1 is 1.03 bits per heavy atom. The van der Waals surface area contributed by atoms with E-state index in [2.05, 4.69) is 0 Å². The smallest absolute Gasteiger partial charge is 0.270 e. The van der Waals surface area contributed by atoms with Crippen molar-refractivity contribution < 1.29 is 13.9 Å². The molecular weight excluding hydrogens is 476 g/mol. The van der Waals surface area contributed by atoms with Crippen LogP contribution in [0.5, 0.6) is 5.75 Å². The van der Waals surface area contributed by atoms with Crippen molar-refractivity contribution in [3.05, 3.63) is 98.6 Å². The third-order valence-corrected chi connectivity index (χ3v) is 6.17. The van der Waals surface area contributed by atoms with Gasteiger partial charge >= 0.3 is 0 Å². The van der Waals surface area contributed by atoms with Crippen molar-refractivity contribution in [1.82, 2.24) is 0 Å². The average molecular weight is 490 g/mol. The fourth-order valence-electron chi connectivity index (χ4n) is 3.00. The molecule has 1 aliphatic rings. The lowest BCUT2D eigenvalue weighted by Gasteiger charge is -2.14. The molecule has 1 amide bonds. The van der Waals surface area contributed by atoms with Crippen molar-refractivity contribution in [3.63, 3.8) is 0 Å². The van der Waals surface area contributed by atoms with Gasteiger partial charge in [-0.25, -0.2) is 4.39 Å². The first-order chi connectivity index (χ1) is 14.9. The minimum atomic E-state index is -0.443. The van der Waals surface area contributed by atoms with Gasteiger partial charge < -0.3 is 4.74 Å². The van der Waals surface area contributed by atoms with Crippen molar-refractivity contribution in [2.75, 3.05) is 4.90 Å². The molecule has 3 nitrogen and oxygen atoms in total. The molecule has 0 spiro atoms. The molecule has 3 aromatic rings. The van der Waals surface area contributed by atoms with Gasteiger partial charge in [-0.3, -0.25) is 9.69 Å². The number of hydrogen-bond donors (Lipinski definition) is 0. The summed E-state index contributed by atoms with van der Waals surface area (Å²) in [7, 11) is 0. The van der Waals surface area contributed by atoms with E-state index >= 15 is 0 Å². The lowest BCUT2D eigenvalue weighted by Crippen LogP contribution is -2.27. The maximum Gasteiger partial charge on any atom is 0.270 e. The molecule has 8 heteroatoms. The van der Waals surface area contributed by atoms with E-state index in [1.165, 1.54) is 23.1 Å². The van der Waals surface area contributed by atoms with E-state index in [0.29, 0.717) is 42.9 Å². The molecular formula is C23H14Cl2FNO2S2. The lowest BCUT2D eigenvalue weighted by atomic mass is 10.1. The van der Waals surface area contributed by atoms with Crippen molar-refractivity contribution >= 4 is 69.2 Å². The molecule has 1 fully saturated rings. The predicted molar refractivity (Wildman–Crippen MR) is 129 cm³/mol. The summed E-state index contributed by atoms with van der Waals surface area (Å²) >= 11 is 18.7. The first-order valence-corrected chi connectivity index (χ1v) is 11.1. The molecule has 31 heavy (non-hydrogen) atoms. The van der Waals surface area contributed by atoms with Crippen LogP contribution in [0.4, 0.5) is 10.1 Å². The van der Waals surface area contributed by atoms with Crippen LogP contribution >= 0.6 is 47.2 Å². The Kier molecular flexibility index (Phi) is 6.62. The van der Waals surface area contributed by atoms with Crippen LogP contribution in [0.1, 0.15) is 11.1 Å². The number of carbonyl (C=O) groups excluding carboxylic acids is 1. The summed E-state index contributed by atoms with van der Waals surface area (Å²) in [5.41, 5.74) is 1.93. The Labute approximate surface area is 198 Å². The van der Waals surface area contributed by atoms with Crippen molar-refractivity contribution in [3.8, 4) is 5.75 Å². The highest BCUT2D eigenvalue weighted by atomic mass is 35.5. The molecule has 1 heterocycles. The molecule has 1 aliphatic heterocycles. The SMILES string of the molecule is O=C1/C(=C/c2cc(Cl)ccc2OCc2cccc(Cl)c2)SC(=S)N1c1cccc(F)c1. The zero-order chi connectivity index (χ0) is 22.0. The highest BCUT2D eigenvalue weighted by molar-refractivity contribution is 8.27. The minimum absolute atomic E-state index is 0.299. The van der Waals surface area contributed by atoms with E-state index in [1.54, 1.807) is 36.4 Å². The monoisotopic (exact) mass is 489 g/mol. The summed E-state index contributed by atoms with van der Waals surface area (Å²) in [4.78, 5) is 14.7. The van der Waals surface area contributed by atoms with Crippen LogP contribution in [0, 0.1) is 5.82 Å². The van der Waals surface area contributed by atoms with Crippen LogP contribution in [0.15, 0.2) is 71.6 Å². The molecule has 1 saturated heterocycles. The Hall–Kier alpha value is -2.38. The highest BCUT2D eigenvalue weighted by Gasteiger charge is 2.33. The third-order valence-electron chi connectivity index (χ3n) is 4.40. The number of nitrogens with zero attached hydrogens (tertiary/aromatic N) is 1. The van der Waals surface area contributed by atoms with Gasteiger partial charge in [0.15, 0.2) is 4.32 Å². The number of carbonyl (C=O) groups is 1. The van der Waals surface area contributed by atoms with E-state index in [0.717, 1.165) is 17.3 Å². The van der Waals surface area contributed by atoms with Crippen molar-refractivity contribution in [1.29, 1.82) is 0 Å². The molecule has 0 aromatic heterocycles. The molecule has 156 valence electrons. The quantitative estimate of drug-likeness (QED) is 0.282. The van der Waals surface area contributed by atoms with Crippen LogP contribution in [0.3, 0.4) is 0 Å². The number of anilines is 1. The molecule has 0 N–H and O–H groups in total. The maximum atomic E-state index is 13.6. The van der Waals surface area contributed by atoms with E-state index in [1.807, 2.05) is 18.2 Å². The topological polar surface area (TPSA) is 29.5 Å². The van der Waals surface area contributed by atoms with Crippen LogP contribution in [-0.4, -0.2) is 10.2 Å². The molecule has 0 bridgehead atoms. The Morgan fingerprint density at radius 3 is 2.58 bits per heavy atom. The normalized spacial score (nSPS) is 15.1. The van der Waals surface area contributed by atoms with Gasteiger partial charge in [-0.1, -0.05) is 65.4 Å². The second kappa shape index (κ2) is 9.40. The first-order valence-electron chi connectivity index (χ1n) is 9.11. The van der Waals surface area contributed by atoms with E-state index in [9.17, 15) is 9.18 Å². The van der Waals surface area contributed by atoms with Gasteiger partial charge in [0.1, 0.15) is 18.2 Å². The fraction of sp³-hybridized carbons (Fsp3) is 0.0435. The zero-order valence-electron chi connectivity index (χ0n) is 15.8. The Morgan fingerprint density at radius 2 is 1.81 bits per heavy atom. The number of hydrogen-bond acceptors (Lipinski definition) is 4. The maximum absolute atomic E-state index is 13.6. The molecule has 0 aliphatic carbocycles. The second-order valence-electron chi connectivity index (χ2n) is 6.60. The molecule has 0 saturated carbocycles. The van der Waals surface area contributed by atoms with Gasteiger partial charge in [-0.15, -0.1) is 0 Å². The average Bonchev–Trinajstić information content (AvgIpc) is 3.00. The lowest BCUT2D eigenvalue weighted by molar-refractivity contribution is -0.113. The summed E-state index contributed by atoms with van der Waals surface area (Å²) in [6.45, 7) is 0.299. The summed E-state index contributed by atoms with van der Waals surface area (Å²) in [5, 5.41) is 1.13. The third kappa shape index (κ3) is 5.10. The van der Waals surface area contributed by atoms with Crippen LogP contribution in [-0.2, 0) is 11.4 Å². The second-order valence-corrected chi connectivity index (χ2v) is 9.15.